The first-order chi connectivity index (χ1) is 9.92. The summed E-state index contributed by atoms with van der Waals surface area (Å²) >= 11 is 0. The zero-order valence-electron chi connectivity index (χ0n) is 11.8. The number of rotatable bonds is 6. The van der Waals surface area contributed by atoms with Gasteiger partial charge in [-0.2, -0.15) is 0 Å². The van der Waals surface area contributed by atoms with Crippen molar-refractivity contribution in [3.05, 3.63) is 59.5 Å². The number of hydrogen-bond acceptors (Lipinski definition) is 3. The molecule has 3 nitrogen and oxygen atoms in total. The van der Waals surface area contributed by atoms with Crippen LogP contribution in [0.2, 0.25) is 0 Å². The van der Waals surface area contributed by atoms with E-state index in [2.05, 4.69) is 34.5 Å². The Kier molecular flexibility index (Phi) is 4.51. The van der Waals surface area contributed by atoms with Crippen LogP contribution >= 0.6 is 0 Å². The molecule has 0 atom stereocenters. The lowest BCUT2D eigenvalue weighted by molar-refractivity contribution is 0.249. The van der Waals surface area contributed by atoms with Gasteiger partial charge < -0.3 is 9.73 Å². The molecule has 1 aliphatic heterocycles. The first kappa shape index (κ1) is 13.4. The van der Waals surface area contributed by atoms with Gasteiger partial charge in [-0.3, -0.25) is 4.90 Å². The maximum atomic E-state index is 5.30. The minimum Gasteiger partial charge on any atom is -0.468 e. The maximum Gasteiger partial charge on any atom is 0.117 e. The van der Waals surface area contributed by atoms with Crippen molar-refractivity contribution in [3.63, 3.8) is 0 Å². The fraction of sp³-hybridized carbons (Fsp3) is 0.412. The Morgan fingerprint density at radius 2 is 2.00 bits per heavy atom. The van der Waals surface area contributed by atoms with Gasteiger partial charge in [0.15, 0.2) is 0 Å². The molecule has 1 N–H and O–H groups in total. The van der Waals surface area contributed by atoms with Crippen molar-refractivity contribution in [1.29, 1.82) is 0 Å². The van der Waals surface area contributed by atoms with Crippen molar-refractivity contribution in [2.45, 2.75) is 25.9 Å². The predicted octanol–water partition coefficient (Wildman–Crippen LogP) is 2.82. The summed E-state index contributed by atoms with van der Waals surface area (Å²) in [5.74, 6) is 1.01. The molecule has 2 aromatic rings. The SMILES string of the molecule is c1coc(CNCCCN2CCc3ccccc3C2)c1. The van der Waals surface area contributed by atoms with Gasteiger partial charge in [-0.05, 0) is 49.2 Å². The number of benzene rings is 1. The summed E-state index contributed by atoms with van der Waals surface area (Å²) < 4.78 is 5.30. The van der Waals surface area contributed by atoms with Crippen LogP contribution in [-0.4, -0.2) is 24.5 Å². The number of fused-ring (bicyclic) bond motifs is 1. The summed E-state index contributed by atoms with van der Waals surface area (Å²) in [5.41, 5.74) is 3.03. The van der Waals surface area contributed by atoms with E-state index in [4.69, 9.17) is 4.42 Å². The molecular weight excluding hydrogens is 248 g/mol. The standard InChI is InChI=1S/C17H22N2O/c1-2-6-16-14-19(11-8-15(16)5-1)10-4-9-18-13-17-7-3-12-20-17/h1-3,5-7,12,18H,4,8-11,13-14H2. The lowest BCUT2D eigenvalue weighted by Crippen LogP contribution is -2.32. The van der Waals surface area contributed by atoms with E-state index in [1.54, 1.807) is 6.26 Å². The molecule has 0 radical (unpaired) electrons. The average molecular weight is 270 g/mol. The Balaban J connectivity index is 1.36. The first-order valence-corrected chi connectivity index (χ1v) is 7.44. The van der Waals surface area contributed by atoms with E-state index in [1.165, 1.54) is 37.1 Å². The highest BCUT2D eigenvalue weighted by Crippen LogP contribution is 2.18. The Hall–Kier alpha value is -1.58. The van der Waals surface area contributed by atoms with Gasteiger partial charge in [0.25, 0.3) is 0 Å². The third-order valence-electron chi connectivity index (χ3n) is 3.92. The van der Waals surface area contributed by atoms with Gasteiger partial charge in [0.05, 0.1) is 12.8 Å². The molecule has 3 rings (SSSR count). The summed E-state index contributed by atoms with van der Waals surface area (Å²) in [6.07, 6.45) is 4.10. The highest BCUT2D eigenvalue weighted by molar-refractivity contribution is 5.28. The molecule has 20 heavy (non-hydrogen) atoms. The summed E-state index contributed by atoms with van der Waals surface area (Å²) in [4.78, 5) is 2.55. The van der Waals surface area contributed by atoms with Crippen molar-refractivity contribution < 1.29 is 4.42 Å². The van der Waals surface area contributed by atoms with Gasteiger partial charge in [0.1, 0.15) is 5.76 Å². The van der Waals surface area contributed by atoms with Crippen molar-refractivity contribution in [3.8, 4) is 0 Å². The quantitative estimate of drug-likeness (QED) is 0.818. The van der Waals surface area contributed by atoms with E-state index in [0.717, 1.165) is 25.4 Å². The molecule has 1 aromatic carbocycles. The van der Waals surface area contributed by atoms with Gasteiger partial charge in [-0.1, -0.05) is 24.3 Å². The molecule has 1 aliphatic rings. The maximum absolute atomic E-state index is 5.30. The van der Waals surface area contributed by atoms with Crippen LogP contribution < -0.4 is 5.32 Å². The van der Waals surface area contributed by atoms with Gasteiger partial charge in [-0.25, -0.2) is 0 Å². The summed E-state index contributed by atoms with van der Waals surface area (Å²) in [6.45, 7) is 5.33. The summed E-state index contributed by atoms with van der Waals surface area (Å²) in [7, 11) is 0. The van der Waals surface area contributed by atoms with E-state index >= 15 is 0 Å². The van der Waals surface area contributed by atoms with Crippen molar-refractivity contribution in [2.75, 3.05) is 19.6 Å². The predicted molar refractivity (Wildman–Crippen MR) is 80.5 cm³/mol. The molecule has 0 saturated heterocycles. The lowest BCUT2D eigenvalue weighted by atomic mass is 10.00. The second kappa shape index (κ2) is 6.73. The molecule has 106 valence electrons. The smallest absolute Gasteiger partial charge is 0.117 e. The highest BCUT2D eigenvalue weighted by atomic mass is 16.3. The Morgan fingerprint density at radius 1 is 1.10 bits per heavy atom. The van der Waals surface area contributed by atoms with Crippen LogP contribution in [-0.2, 0) is 19.5 Å². The van der Waals surface area contributed by atoms with Crippen LogP contribution in [0, 0.1) is 0 Å². The van der Waals surface area contributed by atoms with Crippen molar-refractivity contribution in [2.24, 2.45) is 0 Å². The second-order valence-corrected chi connectivity index (χ2v) is 5.40. The fourth-order valence-corrected chi connectivity index (χ4v) is 2.80. The van der Waals surface area contributed by atoms with Crippen LogP contribution in [0.3, 0.4) is 0 Å². The molecule has 0 saturated carbocycles. The topological polar surface area (TPSA) is 28.4 Å². The van der Waals surface area contributed by atoms with Crippen LogP contribution in [0.1, 0.15) is 23.3 Å². The van der Waals surface area contributed by atoms with E-state index in [1.807, 2.05) is 12.1 Å². The van der Waals surface area contributed by atoms with E-state index in [0.29, 0.717) is 0 Å². The highest BCUT2D eigenvalue weighted by Gasteiger charge is 2.14. The molecule has 0 unspecified atom stereocenters. The Morgan fingerprint density at radius 3 is 2.85 bits per heavy atom. The zero-order valence-corrected chi connectivity index (χ0v) is 11.8. The largest absolute Gasteiger partial charge is 0.468 e. The Labute approximate surface area is 120 Å². The third kappa shape index (κ3) is 3.50. The number of hydrogen-bond donors (Lipinski definition) is 1. The van der Waals surface area contributed by atoms with Gasteiger partial charge >= 0.3 is 0 Å². The lowest BCUT2D eigenvalue weighted by Gasteiger charge is -2.28. The van der Waals surface area contributed by atoms with E-state index < -0.39 is 0 Å². The van der Waals surface area contributed by atoms with Gasteiger partial charge in [-0.15, -0.1) is 0 Å². The molecule has 3 heteroatoms. The average Bonchev–Trinajstić information content (AvgIpc) is 3.00. The molecule has 0 amide bonds. The van der Waals surface area contributed by atoms with Gasteiger partial charge in [0, 0.05) is 13.1 Å². The molecular formula is C17H22N2O. The van der Waals surface area contributed by atoms with Crippen LogP contribution in [0.5, 0.6) is 0 Å². The monoisotopic (exact) mass is 270 g/mol. The van der Waals surface area contributed by atoms with Gasteiger partial charge in [0.2, 0.25) is 0 Å². The molecule has 0 spiro atoms. The summed E-state index contributed by atoms with van der Waals surface area (Å²) in [5, 5.41) is 3.43. The first-order valence-electron chi connectivity index (χ1n) is 7.44. The van der Waals surface area contributed by atoms with Crippen LogP contribution in [0.15, 0.2) is 47.1 Å². The molecule has 0 fully saturated rings. The van der Waals surface area contributed by atoms with E-state index in [9.17, 15) is 0 Å². The van der Waals surface area contributed by atoms with Crippen molar-refractivity contribution >= 4 is 0 Å². The summed E-state index contributed by atoms with van der Waals surface area (Å²) in [6, 6.07) is 12.8. The molecule has 2 heterocycles. The van der Waals surface area contributed by atoms with Crippen LogP contribution in [0.25, 0.3) is 0 Å². The number of nitrogens with zero attached hydrogens (tertiary/aromatic N) is 1. The minimum absolute atomic E-state index is 0.829. The van der Waals surface area contributed by atoms with Crippen LogP contribution in [0.4, 0.5) is 0 Å². The zero-order chi connectivity index (χ0) is 13.6. The minimum atomic E-state index is 0.829. The van der Waals surface area contributed by atoms with E-state index in [-0.39, 0.29) is 0 Å². The van der Waals surface area contributed by atoms with Crippen molar-refractivity contribution in [1.82, 2.24) is 10.2 Å². The second-order valence-electron chi connectivity index (χ2n) is 5.40. The third-order valence-corrected chi connectivity index (χ3v) is 3.92. The molecule has 1 aromatic heterocycles. The Bertz CT molecular complexity index is 522. The normalized spacial score (nSPS) is 15.2. The fourth-order valence-electron chi connectivity index (χ4n) is 2.80. The number of furan rings is 1. The molecule has 0 aliphatic carbocycles. The number of nitrogens with one attached hydrogen (secondary N) is 1. The molecule has 0 bridgehead atoms.